The lowest BCUT2D eigenvalue weighted by Gasteiger charge is -2.30. The van der Waals surface area contributed by atoms with Crippen LogP contribution in [0.2, 0.25) is 0 Å². The van der Waals surface area contributed by atoms with Gasteiger partial charge in [-0.15, -0.1) is 0 Å². The normalized spacial score (nSPS) is 18.9. The lowest BCUT2D eigenvalue weighted by Crippen LogP contribution is -2.37. The van der Waals surface area contributed by atoms with Gasteiger partial charge in [-0.25, -0.2) is 4.98 Å². The summed E-state index contributed by atoms with van der Waals surface area (Å²) in [5.41, 5.74) is -2.34. The molecule has 0 atom stereocenters. The molecule has 1 saturated carbocycles. The third-order valence-electron chi connectivity index (χ3n) is 5.82. The van der Waals surface area contributed by atoms with Crippen LogP contribution in [0.1, 0.15) is 31.2 Å². The molecule has 0 radical (unpaired) electrons. The predicted octanol–water partition coefficient (Wildman–Crippen LogP) is 5.82. The van der Waals surface area contributed by atoms with E-state index in [9.17, 15) is 13.2 Å². The molecule has 0 spiro atoms. The van der Waals surface area contributed by atoms with Crippen molar-refractivity contribution in [3.05, 3.63) is 54.1 Å². The van der Waals surface area contributed by atoms with Crippen LogP contribution in [0.4, 0.5) is 24.9 Å². The van der Waals surface area contributed by atoms with Crippen molar-refractivity contribution in [3.8, 4) is 0 Å². The van der Waals surface area contributed by atoms with Gasteiger partial charge in [-0.1, -0.05) is 24.3 Å². The zero-order chi connectivity index (χ0) is 23.4. The average molecular weight is 476 g/mol. The number of hydrogen-bond donors (Lipinski definition) is 2. The number of anilines is 2. The summed E-state index contributed by atoms with van der Waals surface area (Å²) in [7, 11) is 3.97. The highest BCUT2D eigenvalue weighted by molar-refractivity contribution is 8.00. The quantitative estimate of drug-likeness (QED) is 0.420. The molecular formula is C24H28F3N5S. The summed E-state index contributed by atoms with van der Waals surface area (Å²) >= 11 is -0.0810. The van der Waals surface area contributed by atoms with Gasteiger partial charge in [0.15, 0.2) is 0 Å². The first-order valence-electron chi connectivity index (χ1n) is 11.1. The topological polar surface area (TPSA) is 53.1 Å². The number of para-hydroxylation sites is 1. The fourth-order valence-corrected chi connectivity index (χ4v) is 4.70. The van der Waals surface area contributed by atoms with Crippen molar-refractivity contribution >= 4 is 34.4 Å². The van der Waals surface area contributed by atoms with Crippen molar-refractivity contribution in [1.82, 2.24) is 15.3 Å². The second-order valence-corrected chi connectivity index (χ2v) is 9.69. The molecule has 1 aliphatic carbocycles. The van der Waals surface area contributed by atoms with E-state index in [1.807, 2.05) is 43.3 Å². The minimum absolute atomic E-state index is 0.0810. The van der Waals surface area contributed by atoms with E-state index in [1.165, 1.54) is 12.1 Å². The van der Waals surface area contributed by atoms with Crippen LogP contribution in [0.15, 0.2) is 53.4 Å². The maximum atomic E-state index is 12.5. The molecule has 3 aromatic rings. The van der Waals surface area contributed by atoms with Crippen LogP contribution in [-0.4, -0.2) is 41.7 Å². The van der Waals surface area contributed by atoms with Crippen molar-refractivity contribution in [2.45, 2.75) is 54.7 Å². The van der Waals surface area contributed by atoms with Crippen molar-refractivity contribution < 1.29 is 13.2 Å². The van der Waals surface area contributed by atoms with Crippen molar-refractivity contribution in [1.29, 1.82) is 0 Å². The van der Waals surface area contributed by atoms with E-state index < -0.39 is 5.51 Å². The number of nitrogens with zero attached hydrogens (tertiary/aromatic N) is 3. The third-order valence-corrected chi connectivity index (χ3v) is 6.56. The number of fused-ring (bicyclic) bond motifs is 1. The smallest absolute Gasteiger partial charge is 0.362 e. The van der Waals surface area contributed by atoms with Gasteiger partial charge in [-0.2, -0.15) is 18.2 Å². The number of alkyl halides is 3. The van der Waals surface area contributed by atoms with Gasteiger partial charge >= 0.3 is 5.51 Å². The molecular weight excluding hydrogens is 447 g/mol. The van der Waals surface area contributed by atoms with Crippen molar-refractivity contribution in [3.63, 3.8) is 0 Å². The molecule has 1 heterocycles. The Kier molecular flexibility index (Phi) is 7.29. The monoisotopic (exact) mass is 475 g/mol. The molecule has 1 aromatic heterocycles. The Morgan fingerprint density at radius 3 is 2.27 bits per heavy atom. The van der Waals surface area contributed by atoms with E-state index in [0.717, 1.165) is 48.0 Å². The van der Waals surface area contributed by atoms with Gasteiger partial charge in [0.2, 0.25) is 5.95 Å². The SMILES string of the molecule is CN(C)c1nc(N[C@H]2CC[C@@H](NCc3ccc(SC(F)(F)F)cc3)CC2)nc2ccccc12. The number of aromatic nitrogens is 2. The summed E-state index contributed by atoms with van der Waals surface area (Å²) in [6.07, 6.45) is 4.06. The Balaban J connectivity index is 1.28. The van der Waals surface area contributed by atoms with E-state index in [0.29, 0.717) is 24.6 Å². The minimum Gasteiger partial charge on any atom is -0.362 e. The van der Waals surface area contributed by atoms with Crippen LogP contribution in [0.25, 0.3) is 10.9 Å². The maximum Gasteiger partial charge on any atom is 0.446 e. The van der Waals surface area contributed by atoms with Gasteiger partial charge in [0.05, 0.1) is 5.52 Å². The number of rotatable bonds is 7. The Morgan fingerprint density at radius 1 is 0.939 bits per heavy atom. The van der Waals surface area contributed by atoms with Crippen LogP contribution in [0.3, 0.4) is 0 Å². The first-order chi connectivity index (χ1) is 15.8. The van der Waals surface area contributed by atoms with Gasteiger partial charge in [0, 0.05) is 43.0 Å². The minimum atomic E-state index is -4.25. The number of hydrogen-bond acceptors (Lipinski definition) is 6. The highest BCUT2D eigenvalue weighted by Gasteiger charge is 2.29. The number of halogens is 3. The Hall–Kier alpha value is -2.52. The van der Waals surface area contributed by atoms with Gasteiger partial charge in [-0.05, 0) is 67.3 Å². The zero-order valence-electron chi connectivity index (χ0n) is 18.7. The molecule has 1 fully saturated rings. The fraction of sp³-hybridized carbons (Fsp3) is 0.417. The van der Waals surface area contributed by atoms with E-state index in [1.54, 1.807) is 12.1 Å². The first kappa shape index (κ1) is 23.6. The summed E-state index contributed by atoms with van der Waals surface area (Å²) in [5, 5.41) is 8.09. The zero-order valence-corrected chi connectivity index (χ0v) is 19.5. The summed E-state index contributed by atoms with van der Waals surface area (Å²) in [4.78, 5) is 11.7. The molecule has 0 unspecified atom stereocenters. The van der Waals surface area contributed by atoms with Crippen LogP contribution in [-0.2, 0) is 6.54 Å². The van der Waals surface area contributed by atoms with E-state index in [4.69, 9.17) is 9.97 Å². The molecule has 5 nitrogen and oxygen atoms in total. The number of thioether (sulfide) groups is 1. The molecule has 2 N–H and O–H groups in total. The predicted molar refractivity (Wildman–Crippen MR) is 129 cm³/mol. The second kappa shape index (κ2) is 10.2. The van der Waals surface area contributed by atoms with Crippen LogP contribution in [0.5, 0.6) is 0 Å². The summed E-state index contributed by atoms with van der Waals surface area (Å²) in [6.45, 7) is 0.652. The molecule has 176 valence electrons. The third kappa shape index (κ3) is 6.51. The lowest BCUT2D eigenvalue weighted by atomic mass is 9.91. The summed E-state index contributed by atoms with van der Waals surface area (Å²) < 4.78 is 37.4. The van der Waals surface area contributed by atoms with Crippen LogP contribution in [0, 0.1) is 0 Å². The van der Waals surface area contributed by atoms with Crippen LogP contribution < -0.4 is 15.5 Å². The molecule has 2 aromatic carbocycles. The molecule has 0 bridgehead atoms. The molecule has 9 heteroatoms. The summed E-state index contributed by atoms with van der Waals surface area (Å²) in [6, 6.07) is 15.3. The highest BCUT2D eigenvalue weighted by Crippen LogP contribution is 2.36. The molecule has 33 heavy (non-hydrogen) atoms. The molecule has 0 saturated heterocycles. The standard InChI is InChI=1S/C24H28F3N5S/c1-32(2)22-20-5-3-4-6-21(20)30-23(31-22)29-18-11-9-17(10-12-18)28-15-16-7-13-19(14-8-16)33-24(25,26)27/h3-8,13-14,17-18,28H,9-12,15H2,1-2H3,(H,29,30,31)/t17-,18+. The molecule has 0 aliphatic heterocycles. The largest absolute Gasteiger partial charge is 0.446 e. The van der Waals surface area contributed by atoms with Crippen molar-refractivity contribution in [2.75, 3.05) is 24.3 Å². The fourth-order valence-electron chi connectivity index (χ4n) is 4.16. The molecule has 0 amide bonds. The second-order valence-electron chi connectivity index (χ2n) is 8.55. The molecule has 1 aliphatic rings. The Morgan fingerprint density at radius 2 is 1.61 bits per heavy atom. The van der Waals surface area contributed by atoms with Crippen molar-refractivity contribution in [2.24, 2.45) is 0 Å². The van der Waals surface area contributed by atoms with Gasteiger partial charge in [-0.3, -0.25) is 0 Å². The van der Waals surface area contributed by atoms with Gasteiger partial charge in [0.25, 0.3) is 0 Å². The maximum absolute atomic E-state index is 12.5. The van der Waals surface area contributed by atoms with Gasteiger partial charge < -0.3 is 15.5 Å². The Bertz CT molecular complexity index is 1060. The number of nitrogens with one attached hydrogen (secondary N) is 2. The van der Waals surface area contributed by atoms with E-state index in [2.05, 4.69) is 10.6 Å². The Labute approximate surface area is 196 Å². The summed E-state index contributed by atoms with van der Waals surface area (Å²) in [5.74, 6) is 1.56. The van der Waals surface area contributed by atoms with E-state index >= 15 is 0 Å². The van der Waals surface area contributed by atoms with Gasteiger partial charge in [0.1, 0.15) is 5.82 Å². The number of benzene rings is 2. The highest BCUT2D eigenvalue weighted by atomic mass is 32.2. The average Bonchev–Trinajstić information content (AvgIpc) is 2.78. The first-order valence-corrected chi connectivity index (χ1v) is 11.9. The van der Waals surface area contributed by atoms with Crippen LogP contribution >= 0.6 is 11.8 Å². The lowest BCUT2D eigenvalue weighted by molar-refractivity contribution is -0.0328. The molecule has 4 rings (SSSR count). The van der Waals surface area contributed by atoms with E-state index in [-0.39, 0.29) is 16.7 Å².